The molecule has 12 heteroatoms. The number of thioether (sulfide) groups is 1. The maximum absolute atomic E-state index is 12.5. The SMILES string of the molecule is O=S(=O)(Nc1ccnn1-c1ncccn1)c1ccc(SC(F)(F)F)cc1. The lowest BCUT2D eigenvalue weighted by Gasteiger charge is -2.10. The van der Waals surface area contributed by atoms with Gasteiger partial charge in [-0.2, -0.15) is 23.0 Å². The first-order chi connectivity index (χ1) is 12.2. The van der Waals surface area contributed by atoms with E-state index in [4.69, 9.17) is 0 Å². The highest BCUT2D eigenvalue weighted by Crippen LogP contribution is 2.37. The summed E-state index contributed by atoms with van der Waals surface area (Å²) in [5.74, 6) is 0.247. The first kappa shape index (κ1) is 18.2. The number of alkyl halides is 3. The van der Waals surface area contributed by atoms with Crippen LogP contribution in [0.4, 0.5) is 19.0 Å². The molecule has 0 bridgehead atoms. The molecule has 1 N–H and O–H groups in total. The van der Waals surface area contributed by atoms with Gasteiger partial charge in [0.25, 0.3) is 16.0 Å². The van der Waals surface area contributed by atoms with Crippen LogP contribution in [0.15, 0.2) is 64.8 Å². The van der Waals surface area contributed by atoms with Gasteiger partial charge in [-0.3, -0.25) is 4.72 Å². The van der Waals surface area contributed by atoms with Gasteiger partial charge in [-0.15, -0.1) is 0 Å². The molecule has 0 amide bonds. The predicted molar refractivity (Wildman–Crippen MR) is 88.3 cm³/mol. The molecule has 0 saturated heterocycles. The number of sulfonamides is 1. The first-order valence-corrected chi connectivity index (χ1v) is 9.25. The second-order valence-corrected chi connectivity index (χ2v) is 7.62. The summed E-state index contributed by atoms with van der Waals surface area (Å²) in [4.78, 5) is 7.65. The van der Waals surface area contributed by atoms with E-state index in [0.29, 0.717) is 0 Å². The molecule has 0 radical (unpaired) electrons. The third-order valence-corrected chi connectivity index (χ3v) is 5.10. The molecule has 0 unspecified atom stereocenters. The molecule has 0 fully saturated rings. The molecular formula is C14H10F3N5O2S2. The molecule has 7 nitrogen and oxygen atoms in total. The Morgan fingerprint density at radius 3 is 2.27 bits per heavy atom. The number of hydrogen-bond donors (Lipinski definition) is 1. The van der Waals surface area contributed by atoms with Gasteiger partial charge in [-0.1, -0.05) is 0 Å². The average Bonchev–Trinajstić information content (AvgIpc) is 3.02. The van der Waals surface area contributed by atoms with Crippen LogP contribution in [-0.2, 0) is 10.0 Å². The summed E-state index contributed by atoms with van der Waals surface area (Å²) in [5, 5.41) is 3.96. The first-order valence-electron chi connectivity index (χ1n) is 6.95. The number of nitrogens with zero attached hydrogens (tertiary/aromatic N) is 4. The monoisotopic (exact) mass is 401 g/mol. The van der Waals surface area contributed by atoms with E-state index in [2.05, 4.69) is 19.8 Å². The van der Waals surface area contributed by atoms with Gasteiger partial charge in [0, 0.05) is 23.4 Å². The number of anilines is 1. The second-order valence-electron chi connectivity index (χ2n) is 4.80. The molecule has 0 aliphatic carbocycles. The lowest BCUT2D eigenvalue weighted by atomic mass is 10.4. The molecule has 2 heterocycles. The number of hydrogen-bond acceptors (Lipinski definition) is 6. The maximum atomic E-state index is 12.5. The quantitative estimate of drug-likeness (QED) is 0.661. The van der Waals surface area contributed by atoms with Crippen molar-refractivity contribution in [1.29, 1.82) is 0 Å². The van der Waals surface area contributed by atoms with Crippen LogP contribution in [0.3, 0.4) is 0 Å². The van der Waals surface area contributed by atoms with Crippen LogP contribution >= 0.6 is 11.8 Å². The van der Waals surface area contributed by atoms with E-state index < -0.39 is 15.5 Å². The highest BCUT2D eigenvalue weighted by Gasteiger charge is 2.29. The molecule has 3 aromatic rings. The van der Waals surface area contributed by atoms with Crippen LogP contribution in [0.2, 0.25) is 0 Å². The summed E-state index contributed by atoms with van der Waals surface area (Å²) in [7, 11) is -4.03. The van der Waals surface area contributed by atoms with Gasteiger partial charge in [0.15, 0.2) is 0 Å². The molecular weight excluding hydrogens is 391 g/mol. The zero-order valence-corrected chi connectivity index (χ0v) is 14.4. The van der Waals surface area contributed by atoms with Crippen molar-refractivity contribution in [2.45, 2.75) is 15.3 Å². The highest BCUT2D eigenvalue weighted by atomic mass is 32.2. The standard InChI is InChI=1S/C14H10F3N5O2S2/c15-14(16,17)25-10-2-4-11(5-3-10)26(23,24)21-12-6-9-20-22(12)13-18-7-1-8-19-13/h1-9,21H. The van der Waals surface area contributed by atoms with Gasteiger partial charge in [-0.05, 0) is 42.1 Å². The van der Waals surface area contributed by atoms with E-state index in [1.807, 2.05) is 0 Å². The van der Waals surface area contributed by atoms with Gasteiger partial charge in [-0.25, -0.2) is 18.4 Å². The molecule has 0 saturated carbocycles. The van der Waals surface area contributed by atoms with Gasteiger partial charge < -0.3 is 0 Å². The van der Waals surface area contributed by atoms with Crippen LogP contribution < -0.4 is 4.72 Å². The summed E-state index contributed by atoms with van der Waals surface area (Å²) in [5.41, 5.74) is -4.44. The Morgan fingerprint density at radius 2 is 1.65 bits per heavy atom. The van der Waals surface area contributed by atoms with Crippen LogP contribution in [0.1, 0.15) is 0 Å². The summed E-state index contributed by atoms with van der Waals surface area (Å²) in [6.45, 7) is 0. The van der Waals surface area contributed by atoms with Crippen molar-refractivity contribution in [2.24, 2.45) is 0 Å². The zero-order chi connectivity index (χ0) is 18.8. The minimum absolute atomic E-state index is 0.0879. The number of benzene rings is 1. The van der Waals surface area contributed by atoms with E-state index in [0.717, 1.165) is 24.3 Å². The van der Waals surface area contributed by atoms with E-state index in [-0.39, 0.29) is 33.3 Å². The molecule has 0 aliphatic heterocycles. The summed E-state index contributed by atoms with van der Waals surface area (Å²) >= 11 is -0.321. The Balaban J connectivity index is 1.83. The van der Waals surface area contributed by atoms with E-state index in [1.165, 1.54) is 29.3 Å². The van der Waals surface area contributed by atoms with Crippen molar-refractivity contribution >= 4 is 27.6 Å². The predicted octanol–water partition coefficient (Wildman–Crippen LogP) is 3.08. The largest absolute Gasteiger partial charge is 0.446 e. The normalized spacial score (nSPS) is 12.1. The fourth-order valence-corrected chi connectivity index (χ4v) is 3.54. The molecule has 1 aromatic carbocycles. The minimum Gasteiger partial charge on any atom is -0.263 e. The molecule has 0 spiro atoms. The van der Waals surface area contributed by atoms with Crippen molar-refractivity contribution in [3.05, 3.63) is 55.0 Å². The van der Waals surface area contributed by atoms with Crippen LogP contribution in [-0.4, -0.2) is 33.7 Å². The van der Waals surface area contributed by atoms with Crippen LogP contribution in [0.25, 0.3) is 5.95 Å². The summed E-state index contributed by atoms with van der Waals surface area (Å²) in [6, 6.07) is 7.36. The third kappa shape index (κ3) is 4.32. The number of nitrogens with one attached hydrogen (secondary N) is 1. The van der Waals surface area contributed by atoms with Crippen LogP contribution in [0, 0.1) is 0 Å². The molecule has 0 aliphatic rings. The summed E-state index contributed by atoms with van der Waals surface area (Å²) < 4.78 is 65.4. The Kier molecular flexibility index (Phi) is 4.87. The van der Waals surface area contributed by atoms with E-state index in [9.17, 15) is 21.6 Å². The van der Waals surface area contributed by atoms with E-state index >= 15 is 0 Å². The van der Waals surface area contributed by atoms with Gasteiger partial charge in [0.2, 0.25) is 0 Å². The van der Waals surface area contributed by atoms with Gasteiger partial charge in [0.1, 0.15) is 5.82 Å². The van der Waals surface area contributed by atoms with Crippen molar-refractivity contribution < 1.29 is 21.6 Å². The van der Waals surface area contributed by atoms with Gasteiger partial charge >= 0.3 is 5.51 Å². The fraction of sp³-hybridized carbons (Fsp3) is 0.0714. The fourth-order valence-electron chi connectivity index (χ4n) is 1.96. The molecule has 136 valence electrons. The molecule has 2 aromatic heterocycles. The zero-order valence-electron chi connectivity index (χ0n) is 12.8. The van der Waals surface area contributed by atoms with Crippen LogP contribution in [0.5, 0.6) is 0 Å². The highest BCUT2D eigenvalue weighted by molar-refractivity contribution is 8.00. The lowest BCUT2D eigenvalue weighted by Crippen LogP contribution is -2.16. The Bertz CT molecular complexity index is 989. The molecule has 26 heavy (non-hydrogen) atoms. The smallest absolute Gasteiger partial charge is 0.263 e. The second kappa shape index (κ2) is 6.96. The Hall–Kier alpha value is -2.60. The van der Waals surface area contributed by atoms with Crippen molar-refractivity contribution in [3.8, 4) is 5.95 Å². The Morgan fingerprint density at radius 1 is 1.00 bits per heavy atom. The van der Waals surface area contributed by atoms with Crippen molar-refractivity contribution in [2.75, 3.05) is 4.72 Å². The van der Waals surface area contributed by atoms with E-state index in [1.54, 1.807) is 6.07 Å². The third-order valence-electron chi connectivity index (χ3n) is 2.99. The average molecular weight is 401 g/mol. The number of halogens is 3. The molecule has 3 rings (SSSR count). The Labute approximate surface area is 150 Å². The molecule has 0 atom stereocenters. The maximum Gasteiger partial charge on any atom is 0.446 e. The number of aromatic nitrogens is 4. The minimum atomic E-state index is -4.44. The lowest BCUT2D eigenvalue weighted by molar-refractivity contribution is -0.0328. The van der Waals surface area contributed by atoms with Crippen molar-refractivity contribution in [1.82, 2.24) is 19.7 Å². The number of rotatable bonds is 5. The van der Waals surface area contributed by atoms with Crippen molar-refractivity contribution in [3.63, 3.8) is 0 Å². The van der Waals surface area contributed by atoms with Gasteiger partial charge in [0.05, 0.1) is 11.1 Å². The topological polar surface area (TPSA) is 89.8 Å². The summed E-state index contributed by atoms with van der Waals surface area (Å²) in [6.07, 6.45) is 4.30.